The first-order valence-corrected chi connectivity index (χ1v) is 11.1. The molecule has 0 unspecified atom stereocenters. The summed E-state index contributed by atoms with van der Waals surface area (Å²) in [6.45, 7) is 4.04. The lowest BCUT2D eigenvalue weighted by Gasteiger charge is -2.23. The maximum Gasteiger partial charge on any atom is 0.238 e. The highest BCUT2D eigenvalue weighted by Crippen LogP contribution is 2.23. The number of rotatable bonds is 8. The van der Waals surface area contributed by atoms with Crippen molar-refractivity contribution in [1.82, 2.24) is 9.88 Å². The molecule has 0 N–H and O–H groups in total. The average molecular weight is 429 g/mol. The molecule has 0 atom stereocenters. The Morgan fingerprint density at radius 3 is 2.44 bits per heavy atom. The minimum Gasteiger partial charge on any atom is -0.332 e. The number of halogens is 2. The van der Waals surface area contributed by atoms with Crippen molar-refractivity contribution < 1.29 is 13.2 Å². The Bertz CT molecular complexity index is 887. The molecule has 1 aromatic carbocycles. The largest absolute Gasteiger partial charge is 0.332 e. The van der Waals surface area contributed by atoms with Crippen molar-refractivity contribution >= 4 is 38.9 Å². The molecule has 1 heterocycles. The molecule has 0 aliphatic heterocycles. The summed E-state index contributed by atoms with van der Waals surface area (Å²) in [6.07, 6.45) is 1.63. The fraction of sp³-hybridized carbons (Fsp3) is 0.368. The van der Waals surface area contributed by atoms with Crippen molar-refractivity contribution in [3.8, 4) is 0 Å². The second-order valence-electron chi connectivity index (χ2n) is 6.77. The van der Waals surface area contributed by atoms with Crippen LogP contribution >= 0.6 is 23.2 Å². The summed E-state index contributed by atoms with van der Waals surface area (Å²) in [7, 11) is -3.48. The summed E-state index contributed by atoms with van der Waals surface area (Å²) in [5, 5.41) is 0.800. The first-order valence-electron chi connectivity index (χ1n) is 8.48. The molecule has 1 aromatic heterocycles. The van der Waals surface area contributed by atoms with E-state index in [1.807, 2.05) is 19.9 Å². The Balaban J connectivity index is 2.23. The zero-order valence-electron chi connectivity index (χ0n) is 15.2. The molecule has 0 saturated carbocycles. The summed E-state index contributed by atoms with van der Waals surface area (Å²) >= 11 is 12.0. The first-order chi connectivity index (χ1) is 12.7. The number of pyridine rings is 1. The predicted octanol–water partition coefficient (Wildman–Crippen LogP) is 3.99. The van der Waals surface area contributed by atoms with E-state index in [1.165, 1.54) is 4.90 Å². The number of hydrogen-bond donors (Lipinski definition) is 0. The summed E-state index contributed by atoms with van der Waals surface area (Å²) in [6, 6.07) is 10.5. The van der Waals surface area contributed by atoms with Gasteiger partial charge in [-0.25, -0.2) is 8.42 Å². The number of nitrogens with zero attached hydrogens (tertiary/aromatic N) is 2. The van der Waals surface area contributed by atoms with Crippen LogP contribution in [0.1, 0.15) is 25.1 Å². The van der Waals surface area contributed by atoms with Gasteiger partial charge in [-0.2, -0.15) is 0 Å². The van der Waals surface area contributed by atoms with E-state index >= 15 is 0 Å². The minimum atomic E-state index is -3.48. The highest BCUT2D eigenvalue weighted by atomic mass is 35.5. The number of amides is 1. The van der Waals surface area contributed by atoms with E-state index in [9.17, 15) is 13.2 Å². The third-order valence-corrected chi connectivity index (χ3v) is 6.32. The van der Waals surface area contributed by atoms with Crippen molar-refractivity contribution in [3.63, 3.8) is 0 Å². The normalized spacial score (nSPS) is 11.6. The van der Waals surface area contributed by atoms with Gasteiger partial charge in [0.25, 0.3) is 0 Å². The van der Waals surface area contributed by atoms with Gasteiger partial charge in [0.2, 0.25) is 5.91 Å². The molecule has 0 saturated heterocycles. The van der Waals surface area contributed by atoms with Gasteiger partial charge in [-0.15, -0.1) is 0 Å². The Labute approximate surface area is 170 Å². The van der Waals surface area contributed by atoms with Crippen LogP contribution in [0, 0.1) is 5.92 Å². The topological polar surface area (TPSA) is 67.3 Å². The van der Waals surface area contributed by atoms with Crippen LogP contribution in [0.2, 0.25) is 10.0 Å². The van der Waals surface area contributed by atoms with Gasteiger partial charge in [0.05, 0.1) is 28.0 Å². The maximum atomic E-state index is 12.8. The molecule has 0 aliphatic carbocycles. The van der Waals surface area contributed by atoms with Gasteiger partial charge in [0, 0.05) is 12.7 Å². The van der Waals surface area contributed by atoms with Gasteiger partial charge in [0.15, 0.2) is 9.84 Å². The zero-order valence-corrected chi connectivity index (χ0v) is 17.6. The lowest BCUT2D eigenvalue weighted by atomic mass is 10.2. The molecule has 1 amide bonds. The number of carbonyl (C=O) groups is 1. The summed E-state index contributed by atoms with van der Waals surface area (Å²) in [4.78, 5) is 18.5. The van der Waals surface area contributed by atoms with Gasteiger partial charge in [-0.05, 0) is 35.7 Å². The van der Waals surface area contributed by atoms with Crippen LogP contribution in [0.5, 0.6) is 0 Å². The molecule has 2 aromatic rings. The van der Waals surface area contributed by atoms with Gasteiger partial charge in [-0.1, -0.05) is 49.2 Å². The molecule has 146 valence electrons. The van der Waals surface area contributed by atoms with Crippen molar-refractivity contribution in [2.45, 2.75) is 26.9 Å². The molecular weight excluding hydrogens is 407 g/mol. The van der Waals surface area contributed by atoms with Gasteiger partial charge in [-0.3, -0.25) is 9.78 Å². The molecule has 0 spiro atoms. The van der Waals surface area contributed by atoms with Crippen LogP contribution in [0.25, 0.3) is 0 Å². The molecule has 8 heteroatoms. The van der Waals surface area contributed by atoms with Crippen LogP contribution in [0.3, 0.4) is 0 Å². The molecule has 0 aliphatic rings. The number of hydrogen-bond acceptors (Lipinski definition) is 4. The standard InChI is InChI=1S/C19H22Cl2N2O3S/c1-14(2)12-27(25,26)13-19(24)23(11-16-5-3-4-8-22-16)10-15-6-7-17(20)18(21)9-15/h3-9,14H,10-13H2,1-2H3. The molecular formula is C19H22Cl2N2O3S. The number of sulfone groups is 1. The van der Waals surface area contributed by atoms with E-state index in [-0.39, 0.29) is 24.8 Å². The van der Waals surface area contributed by atoms with Crippen LogP contribution in [0.15, 0.2) is 42.6 Å². The van der Waals surface area contributed by atoms with E-state index in [1.54, 1.807) is 36.5 Å². The summed E-state index contributed by atoms with van der Waals surface area (Å²) in [5.74, 6) is -1.06. The highest BCUT2D eigenvalue weighted by molar-refractivity contribution is 7.92. The molecule has 0 fully saturated rings. The second kappa shape index (κ2) is 9.53. The third kappa shape index (κ3) is 7.13. The van der Waals surface area contributed by atoms with Crippen molar-refractivity contribution in [2.24, 2.45) is 5.92 Å². The van der Waals surface area contributed by atoms with Crippen LogP contribution in [0.4, 0.5) is 0 Å². The first kappa shape index (κ1) is 21.7. The van der Waals surface area contributed by atoms with Crippen LogP contribution < -0.4 is 0 Å². The lowest BCUT2D eigenvalue weighted by molar-refractivity contribution is -0.129. The Kier molecular flexibility index (Phi) is 7.65. The Hall–Kier alpha value is -1.63. The van der Waals surface area contributed by atoms with Gasteiger partial charge >= 0.3 is 0 Å². The Morgan fingerprint density at radius 2 is 1.85 bits per heavy atom. The van der Waals surface area contributed by atoms with E-state index in [0.717, 1.165) is 5.56 Å². The number of carbonyl (C=O) groups excluding carboxylic acids is 1. The van der Waals surface area contributed by atoms with Crippen LogP contribution in [-0.2, 0) is 27.7 Å². The smallest absolute Gasteiger partial charge is 0.238 e. The van der Waals surface area contributed by atoms with Crippen molar-refractivity contribution in [3.05, 3.63) is 63.9 Å². The van der Waals surface area contributed by atoms with Crippen molar-refractivity contribution in [2.75, 3.05) is 11.5 Å². The SMILES string of the molecule is CC(C)CS(=O)(=O)CC(=O)N(Cc1ccc(Cl)c(Cl)c1)Cc1ccccn1. The number of aromatic nitrogens is 1. The minimum absolute atomic E-state index is 0.0249. The lowest BCUT2D eigenvalue weighted by Crippen LogP contribution is -2.36. The number of benzene rings is 1. The van der Waals surface area contributed by atoms with Gasteiger partial charge < -0.3 is 4.90 Å². The highest BCUT2D eigenvalue weighted by Gasteiger charge is 2.23. The fourth-order valence-electron chi connectivity index (χ4n) is 2.62. The molecule has 2 rings (SSSR count). The summed E-state index contributed by atoms with van der Waals surface area (Å²) < 4.78 is 24.5. The summed E-state index contributed by atoms with van der Waals surface area (Å²) in [5.41, 5.74) is 1.43. The average Bonchev–Trinajstić information content (AvgIpc) is 2.57. The fourth-order valence-corrected chi connectivity index (χ4v) is 4.64. The third-order valence-electron chi connectivity index (χ3n) is 3.72. The quantitative estimate of drug-likeness (QED) is 0.637. The zero-order chi connectivity index (χ0) is 20.0. The van der Waals surface area contributed by atoms with E-state index in [4.69, 9.17) is 23.2 Å². The van der Waals surface area contributed by atoms with Gasteiger partial charge in [0.1, 0.15) is 5.75 Å². The second-order valence-corrected chi connectivity index (χ2v) is 9.69. The van der Waals surface area contributed by atoms with Crippen LogP contribution in [-0.4, -0.2) is 35.7 Å². The van der Waals surface area contributed by atoms with E-state index < -0.39 is 21.5 Å². The Morgan fingerprint density at radius 1 is 1.11 bits per heavy atom. The van der Waals surface area contributed by atoms with E-state index in [2.05, 4.69) is 4.98 Å². The monoisotopic (exact) mass is 428 g/mol. The van der Waals surface area contributed by atoms with Crippen molar-refractivity contribution in [1.29, 1.82) is 0 Å². The predicted molar refractivity (Wildman–Crippen MR) is 108 cm³/mol. The molecule has 0 radical (unpaired) electrons. The van der Waals surface area contributed by atoms with E-state index in [0.29, 0.717) is 15.7 Å². The molecule has 0 bridgehead atoms. The maximum absolute atomic E-state index is 12.8. The molecule has 27 heavy (non-hydrogen) atoms. The molecule has 5 nitrogen and oxygen atoms in total.